The molecule has 0 bridgehead atoms. The first-order valence-electron chi connectivity index (χ1n) is 20.1. The summed E-state index contributed by atoms with van der Waals surface area (Å²) in [6.07, 6.45) is 23.6. The summed E-state index contributed by atoms with van der Waals surface area (Å²) in [5.41, 5.74) is 7.77. The summed E-state index contributed by atoms with van der Waals surface area (Å²) in [7, 11) is -2.18. The second-order valence-corrected chi connectivity index (χ2v) is 15.2. The van der Waals surface area contributed by atoms with Crippen LogP contribution in [0, 0.1) is 34.9 Å². The number of anilines is 1. The molecule has 2 aromatic heterocycles. The molecule has 4 atom stereocenters. The maximum absolute atomic E-state index is 14.0. The van der Waals surface area contributed by atoms with Crippen LogP contribution in [0.15, 0.2) is 36.7 Å². The minimum Gasteiger partial charge on any atom is -0.493 e. The Labute approximate surface area is 328 Å². The molecule has 304 valence electrons. The number of benzene rings is 1. The fraction of sp³-hybridized carbons (Fsp3) is 0.659. The van der Waals surface area contributed by atoms with E-state index in [1.165, 1.54) is 108 Å². The number of nitrogens with two attached hydrogens (primary N) is 1. The Kier molecular flexibility index (Phi) is 23.4. The third-order valence-electron chi connectivity index (χ3n) is 9.72. The van der Waals surface area contributed by atoms with Crippen LogP contribution < -0.4 is 10.5 Å². The second kappa shape index (κ2) is 28.0. The van der Waals surface area contributed by atoms with Crippen LogP contribution in [0.25, 0.3) is 5.52 Å². The average molecular weight is 785 g/mol. The summed E-state index contributed by atoms with van der Waals surface area (Å²) < 4.78 is 45.1. The van der Waals surface area contributed by atoms with Crippen molar-refractivity contribution < 1.29 is 32.5 Å². The fourth-order valence-corrected chi connectivity index (χ4v) is 7.39. The Morgan fingerprint density at radius 3 is 2.24 bits per heavy atom. The van der Waals surface area contributed by atoms with Gasteiger partial charge in [0.15, 0.2) is 5.82 Å². The van der Waals surface area contributed by atoms with Crippen LogP contribution in [0.1, 0.15) is 140 Å². The number of nitrogens with zero attached hydrogens (tertiary/aromatic N) is 5. The number of halogens is 1. The highest BCUT2D eigenvalue weighted by Crippen LogP contribution is 2.38. The average Bonchev–Trinajstić information content (AvgIpc) is 3.86. The number of nitrogen functional groups attached to an aromatic ring is 1. The number of unbranched alkanes of at least 4 members (excludes halogenated alkanes) is 15. The molecule has 0 saturated carbocycles. The summed E-state index contributed by atoms with van der Waals surface area (Å²) >= 11 is 0. The topological polar surface area (TPSA) is 170 Å². The summed E-state index contributed by atoms with van der Waals surface area (Å²) in [5, 5.41) is 20.0. The fourth-order valence-electron chi connectivity index (χ4n) is 6.69. The Bertz CT molecular complexity index is 1540. The predicted octanol–water partition coefficient (Wildman–Crippen LogP) is 9.91. The smallest absolute Gasteiger partial charge is 0.329 e. The molecule has 0 amide bonds. The highest BCUT2D eigenvalue weighted by molar-refractivity contribution is 7.40. The van der Waals surface area contributed by atoms with Crippen molar-refractivity contribution in [3.63, 3.8) is 0 Å². The Balaban J connectivity index is 0.00000399. The lowest BCUT2D eigenvalue weighted by molar-refractivity contribution is 0.00717. The molecule has 14 heteroatoms. The van der Waals surface area contributed by atoms with E-state index in [-0.39, 0.29) is 49.3 Å². The van der Waals surface area contributed by atoms with Crippen molar-refractivity contribution in [2.45, 2.75) is 135 Å². The molecule has 1 aliphatic heterocycles. The van der Waals surface area contributed by atoms with Gasteiger partial charge in [0.1, 0.15) is 29.5 Å². The van der Waals surface area contributed by atoms with E-state index in [0.29, 0.717) is 19.0 Å². The monoisotopic (exact) mass is 784 g/mol. The minimum atomic E-state index is -2.18. The Hall–Kier alpha value is -3.42. The molecule has 0 spiro atoms. The van der Waals surface area contributed by atoms with E-state index in [1.807, 2.05) is 18.2 Å². The van der Waals surface area contributed by atoms with E-state index < -0.39 is 14.4 Å². The van der Waals surface area contributed by atoms with Gasteiger partial charge in [0.25, 0.3) is 0 Å². The lowest BCUT2D eigenvalue weighted by Crippen LogP contribution is -2.23. The zero-order chi connectivity index (χ0) is 39.5. The van der Waals surface area contributed by atoms with Crippen LogP contribution in [0.5, 0.6) is 5.75 Å². The molecule has 3 heterocycles. The number of fused-ring (bicyclic) bond motifs is 1. The maximum Gasteiger partial charge on any atom is 0.329 e. The first kappa shape index (κ1) is 46.0. The number of ether oxygens (including phenoxy) is 3. The van der Waals surface area contributed by atoms with Crippen LogP contribution >= 0.6 is 8.60 Å². The van der Waals surface area contributed by atoms with Gasteiger partial charge in [0.05, 0.1) is 49.9 Å². The first-order valence-corrected chi connectivity index (χ1v) is 21.2. The predicted molar refractivity (Wildman–Crippen MR) is 212 cm³/mol. The number of nitriles is 2. The van der Waals surface area contributed by atoms with E-state index >= 15 is 0 Å². The molecule has 3 N–H and O–H groups in total. The largest absolute Gasteiger partial charge is 0.493 e. The molecular formula is C41H62FN6O6P. The van der Waals surface area contributed by atoms with Gasteiger partial charge in [0.2, 0.25) is 0 Å². The van der Waals surface area contributed by atoms with Crippen molar-refractivity contribution in [2.75, 3.05) is 38.8 Å². The van der Waals surface area contributed by atoms with Crippen molar-refractivity contribution in [1.29, 1.82) is 10.5 Å². The standard InChI is InChI=1S/C40H61FN5O6P.CHN/c1-2-3-4-5-6-7-8-9-10-11-12-13-14-15-16-17-22-48-27-33(28-49-36-24-32(26-42)23-34(41)25-36)29-50-53(47)51-30-35-18-21-39(52-35)37-19-20-38-40(43)44-31-45-46(37)38;1-2/h19-20,23-25,31,33,35,39,47H,2-18,21-22,27-30H2,1H3,(H2,43,44,45);1H. The van der Waals surface area contributed by atoms with E-state index in [0.717, 1.165) is 43.0 Å². The van der Waals surface area contributed by atoms with Gasteiger partial charge in [-0.1, -0.05) is 103 Å². The zero-order valence-electron chi connectivity index (χ0n) is 32.7. The molecule has 4 rings (SSSR count). The third-order valence-corrected chi connectivity index (χ3v) is 10.5. The summed E-state index contributed by atoms with van der Waals surface area (Å²) in [6.45, 7) is 7.18. The van der Waals surface area contributed by atoms with Gasteiger partial charge in [0, 0.05) is 25.2 Å². The number of hydrogen-bond acceptors (Lipinski definition) is 11. The maximum atomic E-state index is 14.0. The van der Waals surface area contributed by atoms with Crippen LogP contribution in [-0.4, -0.2) is 58.6 Å². The van der Waals surface area contributed by atoms with Crippen LogP contribution in [-0.2, 0) is 18.5 Å². The van der Waals surface area contributed by atoms with Crippen molar-refractivity contribution in [3.05, 3.63) is 53.7 Å². The molecule has 0 aliphatic carbocycles. The van der Waals surface area contributed by atoms with Gasteiger partial charge in [-0.25, -0.2) is 19.2 Å². The molecule has 0 radical (unpaired) electrons. The number of rotatable bonds is 29. The van der Waals surface area contributed by atoms with E-state index in [9.17, 15) is 14.5 Å². The molecule has 1 fully saturated rings. The SMILES string of the molecule is C#N.CCCCCCCCCCCCCCCCCCOCC(COc1cc(F)cc(C#N)c1)COP(O)OCC1CCC(c2ccc3c(N)ncnn23)O1. The molecule has 1 aromatic carbocycles. The van der Waals surface area contributed by atoms with E-state index in [2.05, 4.69) is 23.6 Å². The first-order chi connectivity index (χ1) is 27.0. The molecule has 4 unspecified atom stereocenters. The highest BCUT2D eigenvalue weighted by atomic mass is 31.2. The van der Waals surface area contributed by atoms with Crippen LogP contribution in [0.2, 0.25) is 0 Å². The summed E-state index contributed by atoms with van der Waals surface area (Å²) in [4.78, 5) is 14.6. The zero-order valence-corrected chi connectivity index (χ0v) is 33.6. The molecule has 55 heavy (non-hydrogen) atoms. The van der Waals surface area contributed by atoms with Gasteiger partial charge in [-0.2, -0.15) is 10.4 Å². The molecule has 12 nitrogen and oxygen atoms in total. The summed E-state index contributed by atoms with van der Waals surface area (Å²) in [6, 6.07) is 9.65. The normalized spacial score (nSPS) is 16.4. The molecule has 1 saturated heterocycles. The van der Waals surface area contributed by atoms with Gasteiger partial charge in [-0.3, -0.25) is 0 Å². The second-order valence-electron chi connectivity index (χ2n) is 14.2. The molecule has 1 aliphatic rings. The number of aromatic nitrogens is 3. The van der Waals surface area contributed by atoms with Crippen molar-refractivity contribution >= 4 is 19.9 Å². The summed E-state index contributed by atoms with van der Waals surface area (Å²) in [5.74, 6) is -0.137. The highest BCUT2D eigenvalue weighted by Gasteiger charge is 2.30. The lowest BCUT2D eigenvalue weighted by Gasteiger charge is -2.20. The van der Waals surface area contributed by atoms with Gasteiger partial charge < -0.3 is 33.9 Å². The van der Waals surface area contributed by atoms with Crippen LogP contribution in [0.3, 0.4) is 0 Å². The Morgan fingerprint density at radius 1 is 0.927 bits per heavy atom. The lowest BCUT2D eigenvalue weighted by atomic mass is 10.0. The van der Waals surface area contributed by atoms with E-state index in [1.54, 1.807) is 4.52 Å². The van der Waals surface area contributed by atoms with Crippen molar-refractivity contribution in [1.82, 2.24) is 14.6 Å². The van der Waals surface area contributed by atoms with Gasteiger partial charge in [-0.15, -0.1) is 0 Å². The third kappa shape index (κ3) is 17.9. The quantitative estimate of drug-likeness (QED) is 0.0507. The van der Waals surface area contributed by atoms with Gasteiger partial charge >= 0.3 is 8.60 Å². The van der Waals surface area contributed by atoms with Crippen LogP contribution in [0.4, 0.5) is 10.2 Å². The molecular weight excluding hydrogens is 722 g/mol. The van der Waals surface area contributed by atoms with Gasteiger partial charge in [-0.05, 0) is 43.5 Å². The molecule has 3 aromatic rings. The Morgan fingerprint density at radius 2 is 1.58 bits per heavy atom. The number of hydrogen-bond donors (Lipinski definition) is 2. The van der Waals surface area contributed by atoms with E-state index in [4.69, 9.17) is 34.3 Å². The minimum absolute atomic E-state index is 0.118. The van der Waals surface area contributed by atoms with Crippen molar-refractivity contribution in [3.8, 4) is 18.4 Å². The van der Waals surface area contributed by atoms with Crippen molar-refractivity contribution in [2.24, 2.45) is 5.92 Å².